The zero-order valence-corrected chi connectivity index (χ0v) is 18.2. The minimum atomic E-state index is -1.11. The van der Waals surface area contributed by atoms with E-state index in [9.17, 15) is 4.39 Å². The average molecular weight is 433 g/mol. The monoisotopic (exact) mass is 433 g/mol. The summed E-state index contributed by atoms with van der Waals surface area (Å²) >= 11 is 0. The molecule has 0 radical (unpaired) electrons. The van der Waals surface area contributed by atoms with E-state index in [1.54, 1.807) is 21.6 Å². The molecule has 10 nitrogen and oxygen atoms in total. The summed E-state index contributed by atoms with van der Waals surface area (Å²) in [6, 6.07) is -0.397. The summed E-state index contributed by atoms with van der Waals surface area (Å²) in [6.45, 7) is 8.87. The first kappa shape index (κ1) is 21.4. The van der Waals surface area contributed by atoms with E-state index in [0.717, 1.165) is 5.56 Å². The minimum absolute atomic E-state index is 0.0720. The van der Waals surface area contributed by atoms with Crippen molar-refractivity contribution in [1.82, 2.24) is 29.4 Å². The van der Waals surface area contributed by atoms with Crippen LogP contribution < -0.4 is 10.1 Å². The zero-order valence-electron chi connectivity index (χ0n) is 18.2. The van der Waals surface area contributed by atoms with Gasteiger partial charge in [0.15, 0.2) is 5.65 Å². The first-order valence-corrected chi connectivity index (χ1v) is 10.5. The molecular weight excluding hydrogens is 405 g/mol. The topological polar surface area (TPSA) is 101 Å². The Hall–Kier alpha value is -2.79. The third-order valence-corrected chi connectivity index (χ3v) is 4.94. The first-order chi connectivity index (χ1) is 15.0. The maximum absolute atomic E-state index is 14.1. The molecule has 3 aromatic rings. The van der Waals surface area contributed by atoms with Crippen molar-refractivity contribution in [3.05, 3.63) is 18.6 Å². The molecule has 4 rings (SSSR count). The number of nitrogens with one attached hydrogen (secondary N) is 1. The number of ether oxygens (including phenoxy) is 3. The highest BCUT2D eigenvalue weighted by Gasteiger charge is 2.27. The van der Waals surface area contributed by atoms with Crippen LogP contribution in [-0.4, -0.2) is 67.5 Å². The number of nitrogens with zero attached hydrogens (tertiary/aromatic N) is 6. The van der Waals surface area contributed by atoms with Crippen molar-refractivity contribution in [2.24, 2.45) is 0 Å². The third-order valence-electron chi connectivity index (χ3n) is 4.94. The Morgan fingerprint density at radius 1 is 1.32 bits per heavy atom. The smallest absolute Gasteiger partial charge is 0.244 e. The van der Waals surface area contributed by atoms with Crippen LogP contribution in [0.25, 0.3) is 16.9 Å². The van der Waals surface area contributed by atoms with E-state index in [2.05, 4.69) is 25.5 Å². The van der Waals surface area contributed by atoms with E-state index in [0.29, 0.717) is 42.8 Å². The van der Waals surface area contributed by atoms with Crippen molar-refractivity contribution in [1.29, 1.82) is 0 Å². The fourth-order valence-electron chi connectivity index (χ4n) is 3.43. The molecule has 168 valence electrons. The van der Waals surface area contributed by atoms with Gasteiger partial charge in [0.2, 0.25) is 11.8 Å². The molecule has 0 saturated carbocycles. The highest BCUT2D eigenvalue weighted by Crippen LogP contribution is 2.30. The summed E-state index contributed by atoms with van der Waals surface area (Å²) in [5.74, 6) is 0.767. The molecule has 1 fully saturated rings. The van der Waals surface area contributed by atoms with Gasteiger partial charge in [-0.1, -0.05) is 0 Å². The SMILES string of the molecule is CCOC(C)n1cc(-c2ncc3nc(N[C@H]4CCOC[C@H]4F)nn3c2OC(C)C)cn1. The van der Waals surface area contributed by atoms with Crippen LogP contribution in [-0.2, 0) is 9.47 Å². The number of rotatable bonds is 8. The Labute approximate surface area is 179 Å². The molecule has 0 aromatic carbocycles. The van der Waals surface area contributed by atoms with E-state index in [1.807, 2.05) is 33.9 Å². The number of fused-ring (bicyclic) bond motifs is 1. The lowest BCUT2D eigenvalue weighted by molar-refractivity contribution is 0.0160. The molecule has 31 heavy (non-hydrogen) atoms. The van der Waals surface area contributed by atoms with Gasteiger partial charge in [0.25, 0.3) is 0 Å². The lowest BCUT2D eigenvalue weighted by atomic mass is 10.1. The molecule has 1 aliphatic rings. The molecule has 0 aliphatic carbocycles. The van der Waals surface area contributed by atoms with Crippen molar-refractivity contribution in [3.8, 4) is 17.1 Å². The number of halogens is 1. The molecule has 0 bridgehead atoms. The van der Waals surface area contributed by atoms with Crippen molar-refractivity contribution in [2.75, 3.05) is 25.1 Å². The van der Waals surface area contributed by atoms with Gasteiger partial charge in [0.1, 0.15) is 18.1 Å². The van der Waals surface area contributed by atoms with Crippen LogP contribution in [0.3, 0.4) is 0 Å². The van der Waals surface area contributed by atoms with Crippen LogP contribution in [0.2, 0.25) is 0 Å². The van der Waals surface area contributed by atoms with E-state index in [1.165, 1.54) is 0 Å². The fourth-order valence-corrected chi connectivity index (χ4v) is 3.43. The van der Waals surface area contributed by atoms with Crippen LogP contribution >= 0.6 is 0 Å². The summed E-state index contributed by atoms with van der Waals surface area (Å²) in [5, 5.41) is 12.0. The summed E-state index contributed by atoms with van der Waals surface area (Å²) < 4.78 is 34.3. The van der Waals surface area contributed by atoms with Gasteiger partial charge < -0.3 is 19.5 Å². The summed E-state index contributed by atoms with van der Waals surface area (Å²) in [7, 11) is 0. The Balaban J connectivity index is 1.69. The third kappa shape index (κ3) is 4.62. The summed E-state index contributed by atoms with van der Waals surface area (Å²) in [6.07, 6.45) is 4.30. The van der Waals surface area contributed by atoms with Crippen molar-refractivity contribution in [2.45, 2.75) is 58.7 Å². The number of aromatic nitrogens is 6. The maximum Gasteiger partial charge on any atom is 0.244 e. The van der Waals surface area contributed by atoms with Crippen LogP contribution in [0.4, 0.5) is 10.3 Å². The predicted molar refractivity (Wildman–Crippen MR) is 112 cm³/mol. The van der Waals surface area contributed by atoms with Crippen LogP contribution in [0.1, 0.15) is 40.3 Å². The second kappa shape index (κ2) is 9.15. The molecule has 1 N–H and O–H groups in total. The number of alkyl halides is 1. The van der Waals surface area contributed by atoms with Gasteiger partial charge in [0, 0.05) is 25.0 Å². The molecule has 1 unspecified atom stereocenters. The van der Waals surface area contributed by atoms with Gasteiger partial charge >= 0.3 is 0 Å². The van der Waals surface area contributed by atoms with Gasteiger partial charge in [0.05, 0.1) is 31.1 Å². The van der Waals surface area contributed by atoms with E-state index in [4.69, 9.17) is 14.2 Å². The van der Waals surface area contributed by atoms with Crippen LogP contribution in [0.5, 0.6) is 5.88 Å². The molecular formula is C20H28FN7O3. The number of hydrogen-bond donors (Lipinski definition) is 1. The van der Waals surface area contributed by atoms with Crippen LogP contribution in [0.15, 0.2) is 18.6 Å². The summed E-state index contributed by atoms with van der Waals surface area (Å²) in [5.41, 5.74) is 1.85. The normalized spacial score (nSPS) is 20.3. The van der Waals surface area contributed by atoms with E-state index in [-0.39, 0.29) is 18.9 Å². The summed E-state index contributed by atoms with van der Waals surface area (Å²) in [4.78, 5) is 9.01. The number of anilines is 1. The molecule has 0 spiro atoms. The molecule has 3 aromatic heterocycles. The van der Waals surface area contributed by atoms with Gasteiger partial charge in [-0.15, -0.1) is 5.10 Å². The molecule has 4 heterocycles. The quantitative estimate of drug-likeness (QED) is 0.579. The second-order valence-electron chi connectivity index (χ2n) is 7.68. The van der Waals surface area contributed by atoms with Gasteiger partial charge in [-0.2, -0.15) is 14.6 Å². The zero-order chi connectivity index (χ0) is 22.0. The van der Waals surface area contributed by atoms with Gasteiger partial charge in [-0.25, -0.2) is 14.1 Å². The lowest BCUT2D eigenvalue weighted by Gasteiger charge is -2.26. The molecule has 0 amide bonds. The van der Waals surface area contributed by atoms with Crippen molar-refractivity contribution >= 4 is 11.6 Å². The highest BCUT2D eigenvalue weighted by molar-refractivity contribution is 5.65. The largest absolute Gasteiger partial charge is 0.473 e. The Kier molecular flexibility index (Phi) is 6.33. The standard InChI is InChI=1S/C20H28FN7O3/c1-5-30-13(4)27-10-14(8-23-27)18-19(31-12(2)3)28-17(9-22-18)25-20(26-28)24-16-6-7-29-11-15(16)21/h8-10,12-13,15-16H,5-7,11H2,1-4H3,(H,24,26)/t13?,15-,16+/m1/s1. The predicted octanol–water partition coefficient (Wildman–Crippen LogP) is 2.87. The van der Waals surface area contributed by atoms with Crippen LogP contribution in [0, 0.1) is 0 Å². The maximum atomic E-state index is 14.1. The fraction of sp³-hybridized carbons (Fsp3) is 0.600. The van der Waals surface area contributed by atoms with Gasteiger partial charge in [-0.05, 0) is 34.1 Å². The molecule has 11 heteroatoms. The van der Waals surface area contributed by atoms with Gasteiger partial charge in [-0.3, -0.25) is 0 Å². The van der Waals surface area contributed by atoms with E-state index < -0.39 is 12.2 Å². The molecule has 3 atom stereocenters. The second-order valence-corrected chi connectivity index (χ2v) is 7.68. The highest BCUT2D eigenvalue weighted by atomic mass is 19.1. The Morgan fingerprint density at radius 2 is 2.16 bits per heavy atom. The molecule has 1 aliphatic heterocycles. The van der Waals surface area contributed by atoms with Crippen molar-refractivity contribution < 1.29 is 18.6 Å². The molecule has 1 saturated heterocycles. The average Bonchev–Trinajstić information content (AvgIpc) is 3.37. The first-order valence-electron chi connectivity index (χ1n) is 10.5. The van der Waals surface area contributed by atoms with Crippen molar-refractivity contribution in [3.63, 3.8) is 0 Å². The van der Waals surface area contributed by atoms with E-state index >= 15 is 0 Å². The Bertz CT molecular complexity index is 1020. The Morgan fingerprint density at radius 3 is 2.90 bits per heavy atom. The minimum Gasteiger partial charge on any atom is -0.473 e. The lowest BCUT2D eigenvalue weighted by Crippen LogP contribution is -2.39. The number of hydrogen-bond acceptors (Lipinski definition) is 8.